The summed E-state index contributed by atoms with van der Waals surface area (Å²) in [5.41, 5.74) is -0.326. The van der Waals surface area contributed by atoms with E-state index in [0.29, 0.717) is 0 Å². The van der Waals surface area contributed by atoms with E-state index in [0.717, 1.165) is 5.56 Å². The van der Waals surface area contributed by atoms with Crippen molar-refractivity contribution < 1.29 is 10.2 Å². The van der Waals surface area contributed by atoms with E-state index in [2.05, 4.69) is 0 Å². The third kappa shape index (κ3) is 2.14. The molecular weight excluding hydrogens is 176 g/mol. The van der Waals surface area contributed by atoms with Gasteiger partial charge in [-0.1, -0.05) is 44.2 Å². The van der Waals surface area contributed by atoms with Crippen molar-refractivity contribution in [3.05, 3.63) is 35.9 Å². The summed E-state index contributed by atoms with van der Waals surface area (Å²) in [5.74, 6) is 0.0118. The molecule has 0 aliphatic carbocycles. The van der Waals surface area contributed by atoms with Crippen LogP contribution in [0.15, 0.2) is 30.3 Å². The summed E-state index contributed by atoms with van der Waals surface area (Å²) in [6.07, 6.45) is -0.830. The van der Waals surface area contributed by atoms with E-state index in [4.69, 9.17) is 0 Å². The molecule has 0 saturated heterocycles. The summed E-state index contributed by atoms with van der Waals surface area (Å²) in [6.45, 7) is 5.45. The third-order valence-electron chi connectivity index (χ3n) is 2.84. The van der Waals surface area contributed by atoms with Crippen molar-refractivity contribution in [1.29, 1.82) is 0 Å². The summed E-state index contributed by atoms with van der Waals surface area (Å²) in [6, 6.07) is 9.24. The fraction of sp³-hybridized carbons (Fsp3) is 0.500. The molecule has 0 aliphatic heterocycles. The van der Waals surface area contributed by atoms with E-state index in [1.165, 1.54) is 0 Å². The molecule has 2 heteroatoms. The molecule has 0 fully saturated rings. The zero-order valence-corrected chi connectivity index (χ0v) is 8.94. The Morgan fingerprint density at radius 2 is 1.64 bits per heavy atom. The second-order valence-electron chi connectivity index (χ2n) is 4.19. The minimum atomic E-state index is -1.08. The summed E-state index contributed by atoms with van der Waals surface area (Å²) >= 11 is 0. The average molecular weight is 194 g/mol. The minimum Gasteiger partial charge on any atom is -0.387 e. The zero-order chi connectivity index (χ0) is 10.8. The average Bonchev–Trinajstić information content (AvgIpc) is 2.17. The van der Waals surface area contributed by atoms with E-state index in [1.54, 1.807) is 6.92 Å². The molecule has 2 atom stereocenters. The van der Waals surface area contributed by atoms with Crippen LogP contribution in [0.25, 0.3) is 0 Å². The van der Waals surface area contributed by atoms with Gasteiger partial charge in [-0.05, 0) is 18.4 Å². The Bertz CT molecular complexity index is 278. The van der Waals surface area contributed by atoms with Crippen LogP contribution in [0.5, 0.6) is 0 Å². The van der Waals surface area contributed by atoms with E-state index < -0.39 is 11.7 Å². The van der Waals surface area contributed by atoms with Gasteiger partial charge < -0.3 is 10.2 Å². The van der Waals surface area contributed by atoms with Crippen molar-refractivity contribution in [2.75, 3.05) is 0 Å². The number of hydrogen-bond acceptors (Lipinski definition) is 2. The molecule has 0 heterocycles. The molecule has 1 aromatic carbocycles. The van der Waals surface area contributed by atoms with Gasteiger partial charge in [-0.25, -0.2) is 0 Å². The topological polar surface area (TPSA) is 40.5 Å². The Morgan fingerprint density at radius 1 is 1.14 bits per heavy atom. The first-order valence-corrected chi connectivity index (χ1v) is 4.91. The molecule has 2 nitrogen and oxygen atoms in total. The lowest BCUT2D eigenvalue weighted by Gasteiger charge is -2.33. The second kappa shape index (κ2) is 4.11. The lowest BCUT2D eigenvalue weighted by atomic mass is 9.83. The van der Waals surface area contributed by atoms with Gasteiger partial charge in [-0.2, -0.15) is 0 Å². The van der Waals surface area contributed by atoms with Crippen LogP contribution in [0.4, 0.5) is 0 Å². The Morgan fingerprint density at radius 3 is 2.07 bits per heavy atom. The number of aliphatic hydroxyl groups is 2. The molecular formula is C12H18O2. The van der Waals surface area contributed by atoms with Gasteiger partial charge in [-0.15, -0.1) is 0 Å². The molecule has 0 aliphatic rings. The highest BCUT2D eigenvalue weighted by molar-refractivity contribution is 5.20. The van der Waals surface area contributed by atoms with Crippen LogP contribution >= 0.6 is 0 Å². The molecule has 0 aromatic heterocycles. The van der Waals surface area contributed by atoms with Gasteiger partial charge in [0.15, 0.2) is 0 Å². The van der Waals surface area contributed by atoms with Gasteiger partial charge in [0, 0.05) is 0 Å². The molecule has 0 spiro atoms. The molecule has 0 bridgehead atoms. The minimum absolute atomic E-state index is 0.0118. The predicted molar refractivity (Wildman–Crippen MR) is 56.9 cm³/mol. The Labute approximate surface area is 85.2 Å². The van der Waals surface area contributed by atoms with Crippen LogP contribution in [0.2, 0.25) is 0 Å². The van der Waals surface area contributed by atoms with Crippen LogP contribution in [0.1, 0.15) is 32.4 Å². The summed E-state index contributed by atoms with van der Waals surface area (Å²) in [4.78, 5) is 0. The van der Waals surface area contributed by atoms with Crippen LogP contribution in [-0.2, 0) is 0 Å². The van der Waals surface area contributed by atoms with Gasteiger partial charge in [0.2, 0.25) is 0 Å². The predicted octanol–water partition coefficient (Wildman–Crippen LogP) is 2.13. The highest BCUT2D eigenvalue weighted by Crippen LogP contribution is 2.31. The monoisotopic (exact) mass is 194 g/mol. The van der Waals surface area contributed by atoms with Crippen LogP contribution in [0, 0.1) is 5.92 Å². The molecule has 2 N–H and O–H groups in total. The first-order valence-electron chi connectivity index (χ1n) is 4.91. The Hall–Kier alpha value is -0.860. The molecule has 1 rings (SSSR count). The Kier molecular flexibility index (Phi) is 3.29. The van der Waals surface area contributed by atoms with Crippen molar-refractivity contribution in [3.8, 4) is 0 Å². The van der Waals surface area contributed by atoms with Crippen LogP contribution in [0.3, 0.4) is 0 Å². The quantitative estimate of drug-likeness (QED) is 0.773. The van der Waals surface area contributed by atoms with Gasteiger partial charge in [0.05, 0.1) is 5.60 Å². The van der Waals surface area contributed by atoms with E-state index in [9.17, 15) is 10.2 Å². The fourth-order valence-corrected chi connectivity index (χ4v) is 1.29. The number of benzene rings is 1. The smallest absolute Gasteiger partial charge is 0.108 e. The molecule has 0 saturated carbocycles. The lowest BCUT2D eigenvalue weighted by molar-refractivity contribution is -0.0941. The number of hydrogen-bond donors (Lipinski definition) is 2. The lowest BCUT2D eigenvalue weighted by Crippen LogP contribution is -2.38. The van der Waals surface area contributed by atoms with E-state index in [-0.39, 0.29) is 5.92 Å². The Balaban J connectivity index is 2.90. The van der Waals surface area contributed by atoms with Crippen molar-refractivity contribution >= 4 is 0 Å². The zero-order valence-electron chi connectivity index (χ0n) is 8.94. The van der Waals surface area contributed by atoms with E-state index in [1.807, 2.05) is 44.2 Å². The summed E-state index contributed by atoms with van der Waals surface area (Å²) in [7, 11) is 0. The molecule has 0 unspecified atom stereocenters. The van der Waals surface area contributed by atoms with Crippen LogP contribution in [-0.4, -0.2) is 15.8 Å². The highest BCUT2D eigenvalue weighted by Gasteiger charge is 2.34. The largest absolute Gasteiger partial charge is 0.387 e. The van der Waals surface area contributed by atoms with Crippen molar-refractivity contribution in [2.24, 2.45) is 5.92 Å². The maximum Gasteiger partial charge on any atom is 0.108 e. The van der Waals surface area contributed by atoms with Crippen LogP contribution < -0.4 is 0 Å². The molecule has 14 heavy (non-hydrogen) atoms. The summed E-state index contributed by atoms with van der Waals surface area (Å²) < 4.78 is 0. The number of rotatable bonds is 3. The number of aliphatic hydroxyl groups excluding tert-OH is 1. The third-order valence-corrected chi connectivity index (χ3v) is 2.84. The first-order chi connectivity index (χ1) is 6.46. The second-order valence-corrected chi connectivity index (χ2v) is 4.19. The maximum atomic E-state index is 10.1. The first kappa shape index (κ1) is 11.2. The fourth-order valence-electron chi connectivity index (χ4n) is 1.29. The highest BCUT2D eigenvalue weighted by atomic mass is 16.3. The van der Waals surface area contributed by atoms with Crippen molar-refractivity contribution in [3.63, 3.8) is 0 Å². The van der Waals surface area contributed by atoms with Crippen molar-refractivity contribution in [2.45, 2.75) is 32.5 Å². The molecule has 0 amide bonds. The standard InChI is InChI=1S/C12H18O2/c1-9(2)12(3,14)11(13)10-7-5-4-6-8-10/h4-9,11,13-14H,1-3H3/t11-,12+/m0/s1. The van der Waals surface area contributed by atoms with Crippen molar-refractivity contribution in [1.82, 2.24) is 0 Å². The molecule has 0 radical (unpaired) electrons. The van der Waals surface area contributed by atoms with Gasteiger partial charge in [0.1, 0.15) is 6.10 Å². The van der Waals surface area contributed by atoms with Gasteiger partial charge >= 0.3 is 0 Å². The maximum absolute atomic E-state index is 10.1. The van der Waals surface area contributed by atoms with Gasteiger partial charge in [-0.3, -0.25) is 0 Å². The van der Waals surface area contributed by atoms with E-state index >= 15 is 0 Å². The van der Waals surface area contributed by atoms with Gasteiger partial charge in [0.25, 0.3) is 0 Å². The summed E-state index contributed by atoms with van der Waals surface area (Å²) in [5, 5.41) is 20.0. The molecule has 78 valence electrons. The SMILES string of the molecule is CC(C)[C@@](C)(O)[C@@H](O)c1ccccc1. The molecule has 1 aromatic rings. The normalized spacial score (nSPS) is 17.9.